The van der Waals surface area contributed by atoms with E-state index in [1.54, 1.807) is 61.5 Å². The highest BCUT2D eigenvalue weighted by atomic mass is 79.9. The number of sulfonamides is 1. The lowest BCUT2D eigenvalue weighted by molar-refractivity contribution is -0.140. The zero-order chi connectivity index (χ0) is 29.8. The Bertz CT molecular complexity index is 1470. The molecule has 2 amide bonds. The molecule has 0 fully saturated rings. The number of nitrogens with zero attached hydrogens (tertiary/aromatic N) is 2. The summed E-state index contributed by atoms with van der Waals surface area (Å²) in [5, 5.41) is 3.53. The number of rotatable bonds is 9. The lowest BCUT2D eigenvalue weighted by atomic mass is 10.1. The van der Waals surface area contributed by atoms with Gasteiger partial charge in [0.1, 0.15) is 12.6 Å². The van der Waals surface area contributed by atoms with E-state index in [0.29, 0.717) is 20.1 Å². The fourth-order valence-corrected chi connectivity index (χ4v) is 6.22. The van der Waals surface area contributed by atoms with E-state index >= 15 is 0 Å². The van der Waals surface area contributed by atoms with Crippen LogP contribution in [0.25, 0.3) is 0 Å². The molecule has 0 aromatic heterocycles. The van der Waals surface area contributed by atoms with Crippen molar-refractivity contribution in [3.8, 4) is 0 Å². The molecule has 0 radical (unpaired) electrons. The number of carbonyl (C=O) groups is 2. The minimum Gasteiger partial charge on any atom is -0.350 e. The zero-order valence-electron chi connectivity index (χ0n) is 22.9. The average Bonchev–Trinajstić information content (AvgIpc) is 2.85. The van der Waals surface area contributed by atoms with Crippen molar-refractivity contribution in [2.45, 2.75) is 57.6 Å². The number of nitrogens with one attached hydrogen (secondary N) is 1. The van der Waals surface area contributed by atoms with E-state index in [4.69, 9.17) is 23.2 Å². The fraction of sp³-hybridized carbons (Fsp3) is 0.310. The highest BCUT2D eigenvalue weighted by molar-refractivity contribution is 9.10. The summed E-state index contributed by atoms with van der Waals surface area (Å²) in [4.78, 5) is 28.6. The van der Waals surface area contributed by atoms with E-state index in [1.165, 1.54) is 17.0 Å². The van der Waals surface area contributed by atoms with Crippen LogP contribution in [-0.2, 0) is 26.2 Å². The molecule has 40 heavy (non-hydrogen) atoms. The third-order valence-corrected chi connectivity index (χ3v) is 9.03. The van der Waals surface area contributed by atoms with Crippen molar-refractivity contribution in [3.05, 3.63) is 92.4 Å². The highest BCUT2D eigenvalue weighted by Gasteiger charge is 2.34. The topological polar surface area (TPSA) is 86.8 Å². The fourth-order valence-electron chi connectivity index (χ4n) is 3.91. The van der Waals surface area contributed by atoms with E-state index in [1.807, 2.05) is 27.7 Å². The van der Waals surface area contributed by atoms with Crippen LogP contribution in [0.4, 0.5) is 5.69 Å². The van der Waals surface area contributed by atoms with Crippen LogP contribution in [-0.4, -0.2) is 43.3 Å². The van der Waals surface area contributed by atoms with Crippen LogP contribution in [0.5, 0.6) is 0 Å². The minimum absolute atomic E-state index is 0.0325. The summed E-state index contributed by atoms with van der Waals surface area (Å²) in [6, 6.07) is 17.0. The van der Waals surface area contributed by atoms with Gasteiger partial charge >= 0.3 is 0 Å². The standard InChI is InChI=1S/C29H32BrCl2N3O4S/c1-19-12-14-23(15-13-19)40(38,39)35(22-9-6-8-21(30)16-22)18-27(36)34(20(2)28(37)33-29(3,4)5)17-24-25(31)10-7-11-26(24)32/h6-16,20H,17-18H2,1-5H3,(H,33,37)/t20-/m0/s1. The van der Waals surface area contributed by atoms with Gasteiger partial charge < -0.3 is 10.2 Å². The molecule has 3 aromatic carbocycles. The molecule has 0 unspecified atom stereocenters. The van der Waals surface area contributed by atoms with Gasteiger partial charge in [0.25, 0.3) is 10.0 Å². The van der Waals surface area contributed by atoms with Gasteiger partial charge in [-0.1, -0.05) is 69.0 Å². The second kappa shape index (κ2) is 12.9. The van der Waals surface area contributed by atoms with Crippen molar-refractivity contribution in [2.75, 3.05) is 10.8 Å². The van der Waals surface area contributed by atoms with Crippen molar-refractivity contribution >= 4 is 66.7 Å². The van der Waals surface area contributed by atoms with Gasteiger partial charge in [-0.15, -0.1) is 0 Å². The maximum Gasteiger partial charge on any atom is 0.264 e. The third kappa shape index (κ3) is 8.00. The molecule has 3 rings (SSSR count). The van der Waals surface area contributed by atoms with Crippen LogP contribution in [0.3, 0.4) is 0 Å². The number of hydrogen-bond donors (Lipinski definition) is 1. The maximum atomic E-state index is 14.0. The number of anilines is 1. The predicted molar refractivity (Wildman–Crippen MR) is 164 cm³/mol. The Morgan fingerprint density at radius 3 is 2.10 bits per heavy atom. The first-order chi connectivity index (χ1) is 18.6. The lowest BCUT2D eigenvalue weighted by Gasteiger charge is -2.34. The summed E-state index contributed by atoms with van der Waals surface area (Å²) < 4.78 is 29.5. The van der Waals surface area contributed by atoms with Crippen LogP contribution < -0.4 is 9.62 Å². The minimum atomic E-state index is -4.17. The van der Waals surface area contributed by atoms with Gasteiger partial charge in [-0.05, 0) is 77.1 Å². The Morgan fingerprint density at radius 2 is 1.55 bits per heavy atom. The van der Waals surface area contributed by atoms with Gasteiger partial charge in [0.15, 0.2) is 0 Å². The summed E-state index contributed by atoms with van der Waals surface area (Å²) in [5.74, 6) is -1.01. The second-order valence-corrected chi connectivity index (χ2v) is 14.0. The average molecular weight is 669 g/mol. The van der Waals surface area contributed by atoms with E-state index in [9.17, 15) is 18.0 Å². The van der Waals surface area contributed by atoms with Crippen LogP contribution >= 0.6 is 39.1 Å². The molecule has 1 atom stereocenters. The molecule has 0 spiro atoms. The monoisotopic (exact) mass is 667 g/mol. The Balaban J connectivity index is 2.08. The molecular formula is C29H32BrCl2N3O4S. The lowest BCUT2D eigenvalue weighted by Crippen LogP contribution is -2.54. The smallest absolute Gasteiger partial charge is 0.264 e. The first-order valence-electron chi connectivity index (χ1n) is 12.5. The Hall–Kier alpha value is -2.59. The molecule has 0 aliphatic heterocycles. The van der Waals surface area contributed by atoms with Crippen molar-refractivity contribution < 1.29 is 18.0 Å². The van der Waals surface area contributed by atoms with Crippen LogP contribution in [0.2, 0.25) is 10.0 Å². The third-order valence-electron chi connectivity index (χ3n) is 6.04. The van der Waals surface area contributed by atoms with Gasteiger partial charge in [-0.3, -0.25) is 13.9 Å². The normalized spacial score (nSPS) is 12.5. The van der Waals surface area contributed by atoms with Crippen molar-refractivity contribution in [2.24, 2.45) is 0 Å². The Morgan fingerprint density at radius 1 is 0.975 bits per heavy atom. The summed E-state index contributed by atoms with van der Waals surface area (Å²) in [6.45, 7) is 8.26. The largest absolute Gasteiger partial charge is 0.350 e. The number of hydrogen-bond acceptors (Lipinski definition) is 4. The van der Waals surface area contributed by atoms with Crippen LogP contribution in [0, 0.1) is 6.92 Å². The van der Waals surface area contributed by atoms with E-state index in [0.717, 1.165) is 9.87 Å². The molecule has 0 bridgehead atoms. The molecule has 0 heterocycles. The summed E-state index contributed by atoms with van der Waals surface area (Å²) in [7, 11) is -4.17. The Kier molecular flexibility index (Phi) is 10.3. The van der Waals surface area contributed by atoms with Crippen molar-refractivity contribution in [1.29, 1.82) is 0 Å². The van der Waals surface area contributed by atoms with Crippen LogP contribution in [0.1, 0.15) is 38.8 Å². The number of benzene rings is 3. The van der Waals surface area contributed by atoms with E-state index < -0.39 is 40.0 Å². The molecule has 11 heteroatoms. The molecule has 214 valence electrons. The number of halogens is 3. The molecule has 0 saturated heterocycles. The summed E-state index contributed by atoms with van der Waals surface area (Å²) in [5.41, 5.74) is 1.07. The van der Waals surface area contributed by atoms with Crippen molar-refractivity contribution in [1.82, 2.24) is 10.2 Å². The van der Waals surface area contributed by atoms with Gasteiger partial charge in [-0.25, -0.2) is 8.42 Å². The van der Waals surface area contributed by atoms with Gasteiger partial charge in [0, 0.05) is 32.2 Å². The molecule has 0 aliphatic rings. The first kappa shape index (κ1) is 31.9. The maximum absolute atomic E-state index is 14.0. The summed E-state index contributed by atoms with van der Waals surface area (Å²) >= 11 is 16.2. The van der Waals surface area contributed by atoms with Crippen LogP contribution in [0.15, 0.2) is 76.1 Å². The first-order valence-corrected chi connectivity index (χ1v) is 15.5. The molecule has 1 N–H and O–H groups in total. The molecule has 0 saturated carbocycles. The van der Waals surface area contributed by atoms with E-state index in [-0.39, 0.29) is 17.1 Å². The highest BCUT2D eigenvalue weighted by Crippen LogP contribution is 2.29. The Labute approximate surface area is 254 Å². The number of carbonyl (C=O) groups excluding carboxylic acids is 2. The predicted octanol–water partition coefficient (Wildman–Crippen LogP) is 6.59. The zero-order valence-corrected chi connectivity index (χ0v) is 26.8. The summed E-state index contributed by atoms with van der Waals surface area (Å²) in [6.07, 6.45) is 0. The SMILES string of the molecule is Cc1ccc(S(=O)(=O)N(CC(=O)N(Cc2c(Cl)cccc2Cl)[C@@H](C)C(=O)NC(C)(C)C)c2cccc(Br)c2)cc1. The van der Waals surface area contributed by atoms with Crippen molar-refractivity contribution in [3.63, 3.8) is 0 Å². The molecule has 3 aromatic rings. The molecular weight excluding hydrogens is 637 g/mol. The second-order valence-electron chi connectivity index (χ2n) is 10.4. The molecule has 0 aliphatic carbocycles. The van der Waals surface area contributed by atoms with Gasteiger partial charge in [0.05, 0.1) is 10.6 Å². The van der Waals surface area contributed by atoms with Gasteiger partial charge in [-0.2, -0.15) is 0 Å². The molecule has 7 nitrogen and oxygen atoms in total. The van der Waals surface area contributed by atoms with E-state index in [2.05, 4.69) is 21.2 Å². The number of aryl methyl sites for hydroxylation is 1. The number of amides is 2. The quantitative estimate of drug-likeness (QED) is 0.279. The van der Waals surface area contributed by atoms with Gasteiger partial charge in [0.2, 0.25) is 11.8 Å².